The van der Waals surface area contributed by atoms with E-state index < -0.39 is 0 Å². The van der Waals surface area contributed by atoms with Crippen LogP contribution in [0.5, 0.6) is 5.75 Å². The van der Waals surface area contributed by atoms with Crippen molar-refractivity contribution in [3.63, 3.8) is 0 Å². The first-order valence-electron chi connectivity index (χ1n) is 10.3. The highest BCUT2D eigenvalue weighted by Gasteiger charge is 2.11. The zero-order valence-corrected chi connectivity index (χ0v) is 18.0. The van der Waals surface area contributed by atoms with Crippen LogP contribution in [0.2, 0.25) is 0 Å². The summed E-state index contributed by atoms with van der Waals surface area (Å²) in [6.07, 6.45) is 3.50. The number of carbonyl (C=O) groups is 1. The number of para-hydroxylation sites is 2. The Bertz CT molecular complexity index is 1230. The van der Waals surface area contributed by atoms with Crippen LogP contribution in [-0.2, 0) is 4.79 Å². The lowest BCUT2D eigenvalue weighted by molar-refractivity contribution is -0.123. The number of carbonyl (C=O) groups excluding carboxylic acids is 1. The average Bonchev–Trinajstić information content (AvgIpc) is 3.24. The first-order chi connectivity index (χ1) is 15.6. The summed E-state index contributed by atoms with van der Waals surface area (Å²) < 4.78 is 7.37. The second-order valence-electron chi connectivity index (χ2n) is 7.43. The molecule has 6 nitrogen and oxygen atoms in total. The third kappa shape index (κ3) is 5.10. The molecule has 3 aromatic carbocycles. The van der Waals surface area contributed by atoms with E-state index in [4.69, 9.17) is 9.84 Å². The summed E-state index contributed by atoms with van der Waals surface area (Å²) >= 11 is 0. The van der Waals surface area contributed by atoms with Crippen LogP contribution >= 0.6 is 0 Å². The maximum absolute atomic E-state index is 12.2. The second kappa shape index (κ2) is 9.75. The van der Waals surface area contributed by atoms with Crippen LogP contribution in [0.25, 0.3) is 16.9 Å². The predicted octanol–water partition coefficient (Wildman–Crippen LogP) is 4.69. The number of hydrogen-bond acceptors (Lipinski definition) is 4. The monoisotopic (exact) mass is 424 g/mol. The Morgan fingerprint density at radius 3 is 2.47 bits per heavy atom. The molecule has 0 unspecified atom stereocenters. The lowest BCUT2D eigenvalue weighted by Gasteiger charge is -2.07. The summed E-state index contributed by atoms with van der Waals surface area (Å²) in [6, 6.07) is 25.6. The minimum absolute atomic E-state index is 0.115. The number of amides is 1. The van der Waals surface area contributed by atoms with Gasteiger partial charge in [-0.3, -0.25) is 4.79 Å². The minimum atomic E-state index is -0.336. The summed E-state index contributed by atoms with van der Waals surface area (Å²) in [7, 11) is 0. The Morgan fingerprint density at radius 1 is 1.00 bits per heavy atom. The van der Waals surface area contributed by atoms with E-state index >= 15 is 0 Å². The van der Waals surface area contributed by atoms with Gasteiger partial charge in [0, 0.05) is 17.3 Å². The molecule has 0 spiro atoms. The third-order valence-corrected chi connectivity index (χ3v) is 4.93. The Labute approximate surface area is 187 Å². The van der Waals surface area contributed by atoms with E-state index in [1.165, 1.54) is 5.56 Å². The summed E-state index contributed by atoms with van der Waals surface area (Å²) in [5.74, 6) is 0.342. The van der Waals surface area contributed by atoms with Gasteiger partial charge < -0.3 is 4.74 Å². The van der Waals surface area contributed by atoms with Crippen LogP contribution in [-0.4, -0.2) is 28.5 Å². The van der Waals surface area contributed by atoms with Gasteiger partial charge in [-0.1, -0.05) is 66.2 Å². The van der Waals surface area contributed by atoms with E-state index in [0.717, 1.165) is 28.1 Å². The molecule has 0 saturated carbocycles. The number of nitrogens with one attached hydrogen (secondary N) is 1. The van der Waals surface area contributed by atoms with Crippen molar-refractivity contribution in [3.05, 3.63) is 102 Å². The molecular formula is C26H24N4O2. The molecule has 0 saturated heterocycles. The number of nitrogens with zero attached hydrogens (tertiary/aromatic N) is 3. The van der Waals surface area contributed by atoms with Crippen LogP contribution in [0.4, 0.5) is 0 Å². The summed E-state index contributed by atoms with van der Waals surface area (Å²) in [5, 5.41) is 8.88. The lowest BCUT2D eigenvalue weighted by atomic mass is 10.1. The number of hydrazone groups is 1. The second-order valence-corrected chi connectivity index (χ2v) is 7.43. The maximum Gasteiger partial charge on any atom is 0.277 e. The molecule has 32 heavy (non-hydrogen) atoms. The molecule has 0 atom stereocenters. The number of hydrogen-bond donors (Lipinski definition) is 1. The van der Waals surface area contributed by atoms with Crippen molar-refractivity contribution < 1.29 is 9.53 Å². The maximum atomic E-state index is 12.2. The fraction of sp³-hybridized carbons (Fsp3) is 0.115. The van der Waals surface area contributed by atoms with Crippen LogP contribution in [0.3, 0.4) is 0 Å². The Kier molecular flexibility index (Phi) is 6.41. The highest BCUT2D eigenvalue weighted by atomic mass is 16.5. The van der Waals surface area contributed by atoms with Gasteiger partial charge in [0.05, 0.1) is 11.9 Å². The zero-order chi connectivity index (χ0) is 22.3. The smallest absolute Gasteiger partial charge is 0.277 e. The Hall–Kier alpha value is -4.19. The molecule has 1 heterocycles. The van der Waals surface area contributed by atoms with Gasteiger partial charge in [0.1, 0.15) is 11.4 Å². The van der Waals surface area contributed by atoms with Crippen molar-refractivity contribution in [1.82, 2.24) is 15.2 Å². The van der Waals surface area contributed by atoms with Crippen LogP contribution in [0.1, 0.15) is 16.7 Å². The van der Waals surface area contributed by atoms with Crippen molar-refractivity contribution in [3.8, 4) is 22.7 Å². The normalized spacial score (nSPS) is 10.9. The zero-order valence-electron chi connectivity index (χ0n) is 18.0. The van der Waals surface area contributed by atoms with Crippen molar-refractivity contribution in [1.29, 1.82) is 0 Å². The molecule has 1 amide bonds. The molecular weight excluding hydrogens is 400 g/mol. The van der Waals surface area contributed by atoms with Gasteiger partial charge in [-0.2, -0.15) is 10.2 Å². The van der Waals surface area contributed by atoms with Crippen LogP contribution in [0, 0.1) is 13.8 Å². The first-order valence-corrected chi connectivity index (χ1v) is 10.3. The summed E-state index contributed by atoms with van der Waals surface area (Å²) in [4.78, 5) is 12.2. The summed E-state index contributed by atoms with van der Waals surface area (Å²) in [6.45, 7) is 3.86. The molecule has 160 valence electrons. The van der Waals surface area contributed by atoms with Gasteiger partial charge >= 0.3 is 0 Å². The molecule has 0 fully saturated rings. The molecule has 4 aromatic rings. The van der Waals surface area contributed by atoms with Crippen molar-refractivity contribution >= 4 is 12.1 Å². The van der Waals surface area contributed by atoms with E-state index in [1.54, 1.807) is 10.9 Å². The highest BCUT2D eigenvalue weighted by Crippen LogP contribution is 2.23. The molecule has 6 heteroatoms. The van der Waals surface area contributed by atoms with Gasteiger partial charge in [-0.15, -0.1) is 0 Å². The molecule has 1 aromatic heterocycles. The lowest BCUT2D eigenvalue weighted by Crippen LogP contribution is -2.24. The topological polar surface area (TPSA) is 68.5 Å². The Morgan fingerprint density at radius 2 is 1.72 bits per heavy atom. The summed E-state index contributed by atoms with van der Waals surface area (Å²) in [5.41, 5.74) is 8.16. The van der Waals surface area contributed by atoms with Gasteiger partial charge in [0.25, 0.3) is 5.91 Å². The molecule has 0 aliphatic heterocycles. The standard InChI is InChI=1S/C26H24N4O2/c1-19-12-14-21(15-13-19)26-22(17-30(29-26)23-9-4-3-5-10-23)16-27-28-25(31)18-32-24-11-7-6-8-20(24)2/h3-17H,18H2,1-2H3,(H,28,31)/b27-16+. The van der Waals surface area contributed by atoms with E-state index in [-0.39, 0.29) is 12.5 Å². The van der Waals surface area contributed by atoms with Gasteiger partial charge in [0.2, 0.25) is 0 Å². The third-order valence-electron chi connectivity index (χ3n) is 4.93. The van der Waals surface area contributed by atoms with Gasteiger partial charge in [0.15, 0.2) is 6.61 Å². The molecule has 0 aliphatic carbocycles. The van der Waals surface area contributed by atoms with Crippen molar-refractivity contribution in [2.24, 2.45) is 5.10 Å². The quantitative estimate of drug-likeness (QED) is 0.346. The van der Waals surface area contributed by atoms with Crippen LogP contribution < -0.4 is 10.2 Å². The molecule has 0 aliphatic rings. The Balaban J connectivity index is 1.50. The molecule has 0 bridgehead atoms. The molecule has 1 N–H and O–H groups in total. The van der Waals surface area contributed by atoms with Gasteiger partial charge in [-0.25, -0.2) is 10.1 Å². The number of benzene rings is 3. The largest absolute Gasteiger partial charge is 0.483 e. The average molecular weight is 425 g/mol. The minimum Gasteiger partial charge on any atom is -0.483 e. The SMILES string of the molecule is Cc1ccc(-c2nn(-c3ccccc3)cc2/C=N/NC(=O)COc2ccccc2C)cc1. The van der Waals surface area contributed by atoms with E-state index in [9.17, 15) is 4.79 Å². The van der Waals surface area contributed by atoms with Gasteiger partial charge in [-0.05, 0) is 37.6 Å². The molecule has 0 radical (unpaired) electrons. The fourth-order valence-electron chi connectivity index (χ4n) is 3.20. The number of rotatable bonds is 7. The fourth-order valence-corrected chi connectivity index (χ4v) is 3.20. The van der Waals surface area contributed by atoms with E-state index in [0.29, 0.717) is 5.75 Å². The molecule has 4 rings (SSSR count). The van der Waals surface area contributed by atoms with Crippen LogP contribution in [0.15, 0.2) is 90.2 Å². The highest BCUT2D eigenvalue weighted by molar-refractivity contribution is 5.89. The first kappa shape index (κ1) is 21.1. The van der Waals surface area contributed by atoms with Crippen molar-refractivity contribution in [2.45, 2.75) is 13.8 Å². The number of aromatic nitrogens is 2. The van der Waals surface area contributed by atoms with E-state index in [2.05, 4.69) is 10.5 Å². The number of aryl methyl sites for hydroxylation is 2. The predicted molar refractivity (Wildman–Crippen MR) is 126 cm³/mol. The number of ether oxygens (including phenoxy) is 1. The van der Waals surface area contributed by atoms with E-state index in [1.807, 2.05) is 98.9 Å². The van der Waals surface area contributed by atoms with Crippen molar-refractivity contribution in [2.75, 3.05) is 6.61 Å².